The molecule has 1 N–H and O–H groups in total. The van der Waals surface area contributed by atoms with Crippen LogP contribution in [-0.4, -0.2) is 57.7 Å². The predicted molar refractivity (Wildman–Crippen MR) is 121 cm³/mol. The third kappa shape index (κ3) is 3.39. The minimum Gasteiger partial charge on any atom is -0.396 e. The topological polar surface area (TPSA) is 65.8 Å². The molecule has 168 valence electrons. The van der Waals surface area contributed by atoms with Crippen LogP contribution in [0, 0.1) is 11.8 Å². The van der Waals surface area contributed by atoms with Crippen LogP contribution in [-0.2, 0) is 11.3 Å². The van der Waals surface area contributed by atoms with Crippen LogP contribution < -0.4 is 5.56 Å². The highest BCUT2D eigenvalue weighted by Gasteiger charge is 2.56. The Bertz CT molecular complexity index is 930. The molecule has 5 rings (SSSR count). The van der Waals surface area contributed by atoms with Gasteiger partial charge in [0.15, 0.2) is 0 Å². The number of aromatic nitrogens is 1. The summed E-state index contributed by atoms with van der Waals surface area (Å²) in [4.78, 5) is 31.6. The molecule has 2 saturated heterocycles. The summed E-state index contributed by atoms with van der Waals surface area (Å²) in [5.41, 5.74) is 3.04. The van der Waals surface area contributed by atoms with Crippen molar-refractivity contribution in [3.8, 4) is 0 Å². The first-order valence-electron chi connectivity index (χ1n) is 12.2. The number of carbonyl (C=O) groups is 1. The molecular formula is C25H35N3O3. The van der Waals surface area contributed by atoms with E-state index >= 15 is 0 Å². The Morgan fingerprint density at radius 1 is 1.13 bits per heavy atom. The lowest BCUT2D eigenvalue weighted by Gasteiger charge is -2.38. The maximum absolute atomic E-state index is 13.7. The molecule has 2 bridgehead atoms. The van der Waals surface area contributed by atoms with Crippen LogP contribution in [0.25, 0.3) is 5.57 Å². The molecule has 6 heteroatoms. The molecule has 0 spiro atoms. The summed E-state index contributed by atoms with van der Waals surface area (Å²) in [6.45, 7) is 5.12. The first kappa shape index (κ1) is 21.0. The van der Waals surface area contributed by atoms with Crippen LogP contribution in [0.1, 0.15) is 69.2 Å². The van der Waals surface area contributed by atoms with Crippen LogP contribution in [0.2, 0.25) is 0 Å². The number of carbonyl (C=O) groups excluding carboxylic acids is 1. The highest BCUT2D eigenvalue weighted by atomic mass is 16.3. The molecule has 0 radical (unpaired) electrons. The van der Waals surface area contributed by atoms with Gasteiger partial charge in [0.1, 0.15) is 0 Å². The maximum Gasteiger partial charge on any atom is 0.258 e. The van der Waals surface area contributed by atoms with Crippen molar-refractivity contribution in [2.45, 2.75) is 70.5 Å². The van der Waals surface area contributed by atoms with Crippen LogP contribution >= 0.6 is 0 Å². The van der Waals surface area contributed by atoms with E-state index in [1.54, 1.807) is 0 Å². The summed E-state index contributed by atoms with van der Waals surface area (Å²) in [7, 11) is 0. The fraction of sp³-hybridized carbons (Fsp3) is 0.680. The number of amides is 1. The van der Waals surface area contributed by atoms with Gasteiger partial charge in [0.05, 0.1) is 12.0 Å². The van der Waals surface area contributed by atoms with E-state index in [4.69, 9.17) is 0 Å². The number of piperidine rings is 1. The van der Waals surface area contributed by atoms with E-state index in [0.29, 0.717) is 6.54 Å². The van der Waals surface area contributed by atoms with Gasteiger partial charge in [0.2, 0.25) is 5.91 Å². The van der Waals surface area contributed by atoms with E-state index in [0.717, 1.165) is 63.0 Å². The first-order valence-corrected chi connectivity index (χ1v) is 12.2. The fourth-order valence-corrected chi connectivity index (χ4v) is 6.59. The van der Waals surface area contributed by atoms with Gasteiger partial charge in [-0.1, -0.05) is 13.0 Å². The molecule has 1 aliphatic carbocycles. The molecule has 0 aromatic carbocycles. The van der Waals surface area contributed by atoms with Crippen molar-refractivity contribution in [1.29, 1.82) is 0 Å². The van der Waals surface area contributed by atoms with Gasteiger partial charge < -0.3 is 14.6 Å². The second-order valence-electron chi connectivity index (χ2n) is 9.66. The van der Waals surface area contributed by atoms with E-state index in [9.17, 15) is 14.7 Å². The van der Waals surface area contributed by atoms with E-state index < -0.39 is 0 Å². The van der Waals surface area contributed by atoms with Crippen LogP contribution in [0.4, 0.5) is 0 Å². The minimum atomic E-state index is -0.277. The Hall–Kier alpha value is -1.92. The lowest BCUT2D eigenvalue weighted by Crippen LogP contribution is -2.47. The number of rotatable bonds is 4. The molecule has 3 aliphatic heterocycles. The third-order valence-corrected chi connectivity index (χ3v) is 8.13. The van der Waals surface area contributed by atoms with Crippen molar-refractivity contribution in [2.75, 3.05) is 26.2 Å². The number of aliphatic hydroxyl groups excluding tert-OH is 1. The smallest absolute Gasteiger partial charge is 0.258 e. The lowest BCUT2D eigenvalue weighted by molar-refractivity contribution is -0.139. The van der Waals surface area contributed by atoms with Crippen molar-refractivity contribution >= 4 is 11.5 Å². The van der Waals surface area contributed by atoms with E-state index in [-0.39, 0.29) is 42.0 Å². The van der Waals surface area contributed by atoms with E-state index in [1.165, 1.54) is 18.4 Å². The van der Waals surface area contributed by atoms with Crippen LogP contribution in [0.3, 0.4) is 0 Å². The molecule has 4 aliphatic rings. The molecule has 0 saturated carbocycles. The second kappa shape index (κ2) is 8.55. The molecule has 4 heterocycles. The van der Waals surface area contributed by atoms with Crippen molar-refractivity contribution in [3.05, 3.63) is 39.8 Å². The number of nitrogens with zero attached hydrogens (tertiary/aromatic N) is 3. The lowest BCUT2D eigenvalue weighted by atomic mass is 9.85. The number of allylic oxidation sites excluding steroid dienone is 2. The molecule has 1 amide bonds. The molecule has 2 fully saturated rings. The van der Waals surface area contributed by atoms with Crippen molar-refractivity contribution in [1.82, 2.24) is 14.4 Å². The van der Waals surface area contributed by atoms with Crippen LogP contribution in [0.15, 0.2) is 23.0 Å². The third-order valence-electron chi connectivity index (χ3n) is 8.13. The van der Waals surface area contributed by atoms with Gasteiger partial charge in [-0.3, -0.25) is 14.5 Å². The minimum absolute atomic E-state index is 0.0112. The predicted octanol–water partition coefficient (Wildman–Crippen LogP) is 2.80. The maximum atomic E-state index is 13.7. The standard InChI is InChI=1S/C25H35N3O3/c1-2-27-21-15-28-20(12-11-18(24(28)30)17-9-5-3-6-10-17)23(27)22(19(21)16-29)25(31)26-13-7-4-8-14-26/h9,11-12,19,21-23,29H,2-8,10,13-16H2,1H3/t19-,21-,22+,23+/m1/s1. The monoisotopic (exact) mass is 425 g/mol. The van der Waals surface area contributed by atoms with Gasteiger partial charge in [-0.15, -0.1) is 0 Å². The molecule has 6 nitrogen and oxygen atoms in total. The van der Waals surface area contributed by atoms with Gasteiger partial charge in [0.25, 0.3) is 5.56 Å². The number of likely N-dealkylation sites (N-methyl/N-ethyl adjacent to an activating group) is 1. The summed E-state index contributed by atoms with van der Waals surface area (Å²) >= 11 is 0. The summed E-state index contributed by atoms with van der Waals surface area (Å²) in [6.07, 6.45) is 9.88. The Balaban J connectivity index is 1.56. The van der Waals surface area contributed by atoms with Crippen molar-refractivity contribution in [3.63, 3.8) is 0 Å². The van der Waals surface area contributed by atoms with Gasteiger partial charge >= 0.3 is 0 Å². The quantitative estimate of drug-likeness (QED) is 0.806. The average Bonchev–Trinajstić information content (AvgIpc) is 3.05. The summed E-state index contributed by atoms with van der Waals surface area (Å²) < 4.78 is 1.93. The van der Waals surface area contributed by atoms with Crippen LogP contribution in [0.5, 0.6) is 0 Å². The zero-order valence-corrected chi connectivity index (χ0v) is 18.6. The molecule has 1 aromatic heterocycles. The van der Waals surface area contributed by atoms with E-state index in [1.807, 2.05) is 15.5 Å². The number of likely N-dealkylation sites (tertiary alicyclic amines) is 1. The zero-order valence-electron chi connectivity index (χ0n) is 18.6. The van der Waals surface area contributed by atoms with Gasteiger partial charge in [0, 0.05) is 49.5 Å². The molecule has 4 atom stereocenters. The first-order chi connectivity index (χ1) is 15.2. The van der Waals surface area contributed by atoms with Gasteiger partial charge in [-0.25, -0.2) is 0 Å². The molecule has 31 heavy (non-hydrogen) atoms. The van der Waals surface area contributed by atoms with Crippen molar-refractivity contribution in [2.24, 2.45) is 11.8 Å². The Kier molecular flexibility index (Phi) is 5.78. The number of aliphatic hydroxyl groups is 1. The number of hydrogen-bond acceptors (Lipinski definition) is 4. The van der Waals surface area contributed by atoms with Crippen molar-refractivity contribution < 1.29 is 9.90 Å². The summed E-state index contributed by atoms with van der Waals surface area (Å²) in [5.74, 6) is -0.235. The Morgan fingerprint density at radius 3 is 2.61 bits per heavy atom. The second-order valence-corrected chi connectivity index (χ2v) is 9.66. The van der Waals surface area contributed by atoms with Gasteiger partial charge in [-0.2, -0.15) is 0 Å². The molecule has 0 unspecified atom stereocenters. The zero-order chi connectivity index (χ0) is 21.5. The summed E-state index contributed by atoms with van der Waals surface area (Å²) in [6, 6.07) is 3.98. The Morgan fingerprint density at radius 2 is 1.94 bits per heavy atom. The molecule has 1 aromatic rings. The number of pyridine rings is 1. The Labute approximate surface area is 184 Å². The number of hydrogen-bond donors (Lipinski definition) is 1. The number of fused-ring (bicyclic) bond motifs is 4. The summed E-state index contributed by atoms with van der Waals surface area (Å²) in [5, 5.41) is 10.4. The van der Waals surface area contributed by atoms with Gasteiger partial charge in [-0.05, 0) is 69.2 Å². The average molecular weight is 426 g/mol. The fourth-order valence-electron chi connectivity index (χ4n) is 6.59. The SMILES string of the molecule is CCN1[C@@H]2Cn3c(ccc(C4=CCCCC4)c3=O)[C@H]1[C@@H](C(=O)N1CCCCC1)[C@@H]2CO. The largest absolute Gasteiger partial charge is 0.396 e. The highest BCUT2D eigenvalue weighted by Crippen LogP contribution is 2.49. The van der Waals surface area contributed by atoms with E-state index in [2.05, 4.69) is 24.0 Å². The molecular weight excluding hydrogens is 390 g/mol. The highest BCUT2D eigenvalue weighted by molar-refractivity contribution is 5.81. The normalized spacial score (nSPS) is 30.8.